The Bertz CT molecular complexity index is 434. The van der Waals surface area contributed by atoms with E-state index in [2.05, 4.69) is 4.98 Å². The van der Waals surface area contributed by atoms with E-state index in [1.165, 1.54) is 12.3 Å². The van der Waals surface area contributed by atoms with E-state index in [1.807, 2.05) is 38.9 Å². The molecule has 0 aliphatic carbocycles. The lowest BCUT2D eigenvalue weighted by molar-refractivity contribution is 0.209. The maximum absolute atomic E-state index is 12.7. The fourth-order valence-electron chi connectivity index (χ4n) is 1.83. The van der Waals surface area contributed by atoms with Crippen molar-refractivity contribution in [1.82, 2.24) is 9.29 Å². The van der Waals surface area contributed by atoms with Crippen molar-refractivity contribution in [3.63, 3.8) is 0 Å². The van der Waals surface area contributed by atoms with Crippen LogP contribution < -0.4 is 0 Å². The third-order valence-electron chi connectivity index (χ3n) is 2.84. The molecule has 2 rings (SSSR count). The van der Waals surface area contributed by atoms with Crippen LogP contribution in [-0.2, 0) is 11.0 Å². The van der Waals surface area contributed by atoms with Crippen molar-refractivity contribution in [2.45, 2.75) is 51.8 Å². The van der Waals surface area contributed by atoms with Crippen LogP contribution in [0.25, 0.3) is 0 Å². The molecule has 3 nitrogen and oxygen atoms in total. The van der Waals surface area contributed by atoms with Crippen molar-refractivity contribution in [2.24, 2.45) is 0 Å². The van der Waals surface area contributed by atoms with Crippen LogP contribution in [0.3, 0.4) is 0 Å². The van der Waals surface area contributed by atoms with Gasteiger partial charge >= 0.3 is 0 Å². The first-order chi connectivity index (χ1) is 8.89. The zero-order valence-electron chi connectivity index (χ0n) is 12.3. The molecule has 1 fully saturated rings. The lowest BCUT2D eigenvalue weighted by Gasteiger charge is -2.42. The number of halogens is 1. The van der Waals surface area contributed by atoms with Gasteiger partial charge in [0, 0.05) is 14.2 Å². The van der Waals surface area contributed by atoms with Crippen LogP contribution in [0.2, 0.25) is 0 Å². The minimum absolute atomic E-state index is 0. The Labute approximate surface area is 119 Å². The smallest absolute Gasteiger partial charge is 0.212 e. The summed E-state index contributed by atoms with van der Waals surface area (Å²) >= 11 is 0. The van der Waals surface area contributed by atoms with Gasteiger partial charge in [-0.05, 0) is 38.8 Å². The maximum Gasteiger partial charge on any atom is 0.212 e. The Hall–Kier alpha value is -0.810. The minimum Gasteiger partial charge on any atom is -0.242 e. The molecular weight excluding hydrogens is 263 g/mol. The highest BCUT2D eigenvalue weighted by Gasteiger charge is 2.38. The molecule has 0 N–H and O–H groups in total. The van der Waals surface area contributed by atoms with E-state index in [1.54, 1.807) is 6.07 Å². The lowest BCUT2D eigenvalue weighted by atomic mass is 10.00. The van der Waals surface area contributed by atoms with Crippen molar-refractivity contribution in [3.8, 4) is 0 Å². The zero-order valence-corrected chi connectivity index (χ0v) is 13.1. The van der Waals surface area contributed by atoms with Crippen LogP contribution in [-0.4, -0.2) is 24.8 Å². The topological polar surface area (TPSA) is 33.2 Å². The summed E-state index contributed by atoms with van der Waals surface area (Å²) in [6.45, 7) is 10.7. The molecule has 0 spiro atoms. The van der Waals surface area contributed by atoms with Gasteiger partial charge in [-0.25, -0.2) is 13.5 Å². The first-order valence-corrected chi connectivity index (χ1v) is 7.80. The third-order valence-corrected chi connectivity index (χ3v) is 4.75. The van der Waals surface area contributed by atoms with Crippen molar-refractivity contribution in [3.05, 3.63) is 29.8 Å². The number of nitrogens with zero attached hydrogens (tertiary/aromatic N) is 2. The van der Waals surface area contributed by atoms with Gasteiger partial charge < -0.3 is 0 Å². The van der Waals surface area contributed by atoms with Gasteiger partial charge in [0.15, 0.2) is 0 Å². The highest BCUT2D eigenvalue weighted by Crippen LogP contribution is 2.36. The van der Waals surface area contributed by atoms with Crippen LogP contribution in [0.4, 0.5) is 4.39 Å². The second-order valence-corrected chi connectivity index (χ2v) is 7.41. The van der Waals surface area contributed by atoms with Crippen LogP contribution in [0.15, 0.2) is 18.3 Å². The molecular formula is C14H25FN2OS. The van der Waals surface area contributed by atoms with Gasteiger partial charge in [-0.2, -0.15) is 4.39 Å². The van der Waals surface area contributed by atoms with Gasteiger partial charge in [0.2, 0.25) is 5.95 Å². The highest BCUT2D eigenvalue weighted by molar-refractivity contribution is 7.84. The van der Waals surface area contributed by atoms with Crippen molar-refractivity contribution >= 4 is 11.0 Å². The van der Waals surface area contributed by atoms with Crippen LogP contribution in [0.5, 0.6) is 0 Å². The van der Waals surface area contributed by atoms with Gasteiger partial charge in [0.1, 0.15) is 11.0 Å². The second kappa shape index (κ2) is 6.57. The summed E-state index contributed by atoms with van der Waals surface area (Å²) in [6, 6.07) is 3.19. The van der Waals surface area contributed by atoms with Crippen LogP contribution in [0, 0.1) is 5.95 Å². The van der Waals surface area contributed by atoms with Crippen LogP contribution in [0.1, 0.15) is 54.1 Å². The van der Waals surface area contributed by atoms with E-state index in [4.69, 9.17) is 0 Å². The van der Waals surface area contributed by atoms with Crippen molar-refractivity contribution in [2.75, 3.05) is 6.54 Å². The summed E-state index contributed by atoms with van der Waals surface area (Å²) in [5.74, 6) is -0.475. The van der Waals surface area contributed by atoms with E-state index in [0.717, 1.165) is 18.5 Å². The van der Waals surface area contributed by atoms with E-state index in [-0.39, 0.29) is 12.2 Å². The molecule has 110 valence electrons. The molecule has 1 aliphatic heterocycles. The van der Waals surface area contributed by atoms with E-state index >= 15 is 0 Å². The van der Waals surface area contributed by atoms with Gasteiger partial charge in [0.05, 0.1) is 10.8 Å². The fraction of sp³-hybridized carbons (Fsp3) is 0.643. The first kappa shape index (κ1) is 16.2. The number of hydrogen-bond acceptors (Lipinski definition) is 2. The predicted molar refractivity (Wildman–Crippen MR) is 79.6 cm³/mol. The number of rotatable bonds is 2. The van der Waals surface area contributed by atoms with E-state index in [9.17, 15) is 8.60 Å². The Morgan fingerprint density at radius 1 is 1.42 bits per heavy atom. The summed E-state index contributed by atoms with van der Waals surface area (Å²) in [7, 11) is -1.02. The lowest BCUT2D eigenvalue weighted by Crippen LogP contribution is -2.47. The molecule has 0 bridgehead atoms. The SMILES string of the molecule is CC.CC(C)(C)S(=O)N1CCC1c1ccc(F)nc1.[HH]. The molecule has 1 saturated heterocycles. The minimum atomic E-state index is -1.02. The van der Waals surface area contributed by atoms with Gasteiger partial charge in [-0.15, -0.1) is 0 Å². The molecule has 1 aromatic heterocycles. The second-order valence-electron chi connectivity index (χ2n) is 5.22. The van der Waals surface area contributed by atoms with Crippen molar-refractivity contribution in [1.29, 1.82) is 0 Å². The zero-order chi connectivity index (χ0) is 14.6. The first-order valence-electron chi connectivity index (χ1n) is 6.69. The maximum atomic E-state index is 12.7. The Balaban J connectivity index is 0.00000115. The summed E-state index contributed by atoms with van der Waals surface area (Å²) in [5.41, 5.74) is 0.940. The van der Waals surface area contributed by atoms with Gasteiger partial charge in [-0.1, -0.05) is 19.9 Å². The number of hydrogen-bond donors (Lipinski definition) is 0. The molecule has 0 amide bonds. The Kier molecular flexibility index (Phi) is 5.62. The summed E-state index contributed by atoms with van der Waals surface area (Å²) in [5, 5.41) is 0. The molecule has 0 saturated carbocycles. The summed E-state index contributed by atoms with van der Waals surface area (Å²) < 4.78 is 26.7. The number of aromatic nitrogens is 1. The summed E-state index contributed by atoms with van der Waals surface area (Å²) in [6.07, 6.45) is 2.49. The standard InChI is InChI=1S/C12H17FN2OS.C2H6.H2/c1-12(2,3)17(16)15-7-6-10(15)9-4-5-11(13)14-8-9;1-2;/h4-5,8,10H,6-7H2,1-3H3;1-2H3;1H. The normalized spacial score (nSPS) is 21.1. The Morgan fingerprint density at radius 2 is 2.05 bits per heavy atom. The molecule has 0 aromatic carbocycles. The molecule has 1 aliphatic rings. The Morgan fingerprint density at radius 3 is 2.42 bits per heavy atom. The fourth-order valence-corrected chi connectivity index (χ4v) is 3.26. The highest BCUT2D eigenvalue weighted by atomic mass is 32.2. The third kappa shape index (κ3) is 3.83. The predicted octanol–water partition coefficient (Wildman–Crippen LogP) is 3.70. The quantitative estimate of drug-likeness (QED) is 0.777. The molecule has 2 atom stereocenters. The summed E-state index contributed by atoms with van der Waals surface area (Å²) in [4.78, 5) is 3.65. The molecule has 5 heteroatoms. The molecule has 2 heterocycles. The average Bonchev–Trinajstić information content (AvgIpc) is 2.32. The molecule has 0 radical (unpaired) electrons. The largest absolute Gasteiger partial charge is 0.242 e. The van der Waals surface area contributed by atoms with Crippen LogP contribution >= 0.6 is 0 Å². The molecule has 2 unspecified atom stereocenters. The monoisotopic (exact) mass is 288 g/mol. The van der Waals surface area contributed by atoms with Crippen molar-refractivity contribution < 1.29 is 10.0 Å². The number of pyridine rings is 1. The van der Waals surface area contributed by atoms with E-state index < -0.39 is 16.9 Å². The van der Waals surface area contributed by atoms with E-state index in [0.29, 0.717) is 0 Å². The molecule has 1 aromatic rings. The average molecular weight is 288 g/mol. The van der Waals surface area contributed by atoms with Gasteiger partial charge in [-0.3, -0.25) is 0 Å². The molecule has 19 heavy (non-hydrogen) atoms. The van der Waals surface area contributed by atoms with Gasteiger partial charge in [0.25, 0.3) is 0 Å².